The minimum absolute atomic E-state index is 0.0481. The summed E-state index contributed by atoms with van der Waals surface area (Å²) in [6, 6.07) is 14.9. The molecule has 0 aliphatic carbocycles. The zero-order valence-electron chi connectivity index (χ0n) is 13.0. The Labute approximate surface area is 136 Å². The summed E-state index contributed by atoms with van der Waals surface area (Å²) in [5, 5.41) is 3.39. The van der Waals surface area contributed by atoms with E-state index in [9.17, 15) is 4.79 Å². The standard InChI is InChI=1S/C18H20ClNO2/c1-18(2,3)13-8-4-6-10-15(13)20-17(21)12-22-16-11-7-5-9-14(16)19/h4-11H,12H2,1-3H3,(H,20,21). The van der Waals surface area contributed by atoms with Crippen molar-refractivity contribution in [3.63, 3.8) is 0 Å². The van der Waals surface area contributed by atoms with Crippen molar-refractivity contribution in [2.75, 3.05) is 11.9 Å². The molecule has 22 heavy (non-hydrogen) atoms. The lowest BCUT2D eigenvalue weighted by Crippen LogP contribution is -2.23. The van der Waals surface area contributed by atoms with Gasteiger partial charge in [0.05, 0.1) is 5.02 Å². The second kappa shape index (κ2) is 6.84. The average Bonchev–Trinajstić information content (AvgIpc) is 2.46. The van der Waals surface area contributed by atoms with Crippen LogP contribution in [0.1, 0.15) is 26.3 Å². The number of halogens is 1. The van der Waals surface area contributed by atoms with Gasteiger partial charge in [-0.25, -0.2) is 0 Å². The summed E-state index contributed by atoms with van der Waals surface area (Å²) in [5.41, 5.74) is 1.84. The van der Waals surface area contributed by atoms with Crippen molar-refractivity contribution in [1.29, 1.82) is 0 Å². The Morgan fingerprint density at radius 3 is 2.41 bits per heavy atom. The van der Waals surface area contributed by atoms with Crippen molar-refractivity contribution < 1.29 is 9.53 Å². The molecule has 0 bridgehead atoms. The van der Waals surface area contributed by atoms with Crippen molar-refractivity contribution in [2.45, 2.75) is 26.2 Å². The van der Waals surface area contributed by atoms with Gasteiger partial charge in [-0.3, -0.25) is 4.79 Å². The van der Waals surface area contributed by atoms with Crippen LogP contribution < -0.4 is 10.1 Å². The van der Waals surface area contributed by atoms with Crippen LogP contribution in [0.4, 0.5) is 5.69 Å². The van der Waals surface area contributed by atoms with Crippen LogP contribution in [-0.2, 0) is 10.2 Å². The predicted molar refractivity (Wildman–Crippen MR) is 90.7 cm³/mol. The maximum absolute atomic E-state index is 12.1. The molecule has 0 spiro atoms. The summed E-state index contributed by atoms with van der Waals surface area (Å²) in [4.78, 5) is 12.1. The highest BCUT2D eigenvalue weighted by Crippen LogP contribution is 2.29. The van der Waals surface area contributed by atoms with Gasteiger partial charge in [-0.2, -0.15) is 0 Å². The fraction of sp³-hybridized carbons (Fsp3) is 0.278. The molecule has 0 radical (unpaired) electrons. The minimum atomic E-state index is -0.211. The molecule has 0 aromatic heterocycles. The van der Waals surface area contributed by atoms with Crippen molar-refractivity contribution in [3.05, 3.63) is 59.1 Å². The number of para-hydroxylation sites is 2. The molecule has 0 aliphatic heterocycles. The zero-order chi connectivity index (χ0) is 16.2. The molecular weight excluding hydrogens is 298 g/mol. The second-order valence-corrected chi connectivity index (χ2v) is 6.47. The van der Waals surface area contributed by atoms with Gasteiger partial charge in [0.25, 0.3) is 5.91 Å². The van der Waals surface area contributed by atoms with Crippen LogP contribution in [-0.4, -0.2) is 12.5 Å². The van der Waals surface area contributed by atoms with Gasteiger partial charge in [0, 0.05) is 5.69 Å². The average molecular weight is 318 g/mol. The van der Waals surface area contributed by atoms with Gasteiger partial charge in [-0.05, 0) is 29.2 Å². The zero-order valence-corrected chi connectivity index (χ0v) is 13.8. The number of hydrogen-bond donors (Lipinski definition) is 1. The third kappa shape index (κ3) is 4.25. The van der Waals surface area contributed by atoms with Gasteiger partial charge in [0.2, 0.25) is 0 Å². The van der Waals surface area contributed by atoms with Crippen molar-refractivity contribution in [3.8, 4) is 5.75 Å². The number of benzene rings is 2. The van der Waals surface area contributed by atoms with Crippen LogP contribution >= 0.6 is 11.6 Å². The Balaban J connectivity index is 2.03. The third-order valence-electron chi connectivity index (χ3n) is 3.20. The quantitative estimate of drug-likeness (QED) is 0.891. The minimum Gasteiger partial charge on any atom is -0.482 e. The largest absolute Gasteiger partial charge is 0.482 e. The van der Waals surface area contributed by atoms with E-state index < -0.39 is 0 Å². The lowest BCUT2D eigenvalue weighted by atomic mass is 9.86. The van der Waals surface area contributed by atoms with Gasteiger partial charge in [0.15, 0.2) is 6.61 Å². The monoisotopic (exact) mass is 317 g/mol. The Kier molecular flexibility index (Phi) is 5.09. The molecule has 0 unspecified atom stereocenters. The topological polar surface area (TPSA) is 38.3 Å². The molecular formula is C18H20ClNO2. The molecule has 0 aliphatic rings. The molecule has 1 N–H and O–H groups in total. The van der Waals surface area contributed by atoms with Gasteiger partial charge >= 0.3 is 0 Å². The summed E-state index contributed by atoms with van der Waals surface area (Å²) in [5.74, 6) is 0.292. The molecule has 1 amide bonds. The Morgan fingerprint density at radius 2 is 1.73 bits per heavy atom. The van der Waals surface area contributed by atoms with E-state index in [2.05, 4.69) is 26.1 Å². The molecule has 2 aromatic carbocycles. The van der Waals surface area contributed by atoms with E-state index in [0.717, 1.165) is 11.3 Å². The lowest BCUT2D eigenvalue weighted by Gasteiger charge is -2.23. The summed E-state index contributed by atoms with van der Waals surface area (Å²) < 4.78 is 5.45. The van der Waals surface area contributed by atoms with E-state index in [4.69, 9.17) is 16.3 Å². The Morgan fingerprint density at radius 1 is 1.09 bits per heavy atom. The van der Waals surface area contributed by atoms with Crippen molar-refractivity contribution >= 4 is 23.2 Å². The first-order valence-electron chi connectivity index (χ1n) is 7.14. The summed E-state index contributed by atoms with van der Waals surface area (Å²) in [6.45, 7) is 6.25. The smallest absolute Gasteiger partial charge is 0.262 e. The highest BCUT2D eigenvalue weighted by atomic mass is 35.5. The first-order chi connectivity index (χ1) is 10.4. The van der Waals surface area contributed by atoms with Gasteiger partial charge < -0.3 is 10.1 Å². The highest BCUT2D eigenvalue weighted by molar-refractivity contribution is 6.32. The van der Waals surface area contributed by atoms with Crippen LogP contribution in [0.5, 0.6) is 5.75 Å². The molecule has 0 saturated heterocycles. The summed E-state index contributed by atoms with van der Waals surface area (Å²) >= 11 is 6.00. The van der Waals surface area contributed by atoms with Crippen LogP contribution in [0, 0.1) is 0 Å². The van der Waals surface area contributed by atoms with E-state index in [1.54, 1.807) is 12.1 Å². The fourth-order valence-corrected chi connectivity index (χ4v) is 2.33. The fourth-order valence-electron chi connectivity index (χ4n) is 2.14. The SMILES string of the molecule is CC(C)(C)c1ccccc1NC(=O)COc1ccccc1Cl. The van der Waals surface area contributed by atoms with Crippen LogP contribution in [0.3, 0.4) is 0 Å². The van der Waals surface area contributed by atoms with E-state index in [1.165, 1.54) is 0 Å². The van der Waals surface area contributed by atoms with Crippen LogP contribution in [0.2, 0.25) is 5.02 Å². The molecule has 2 rings (SSSR count). The molecule has 0 heterocycles. The van der Waals surface area contributed by atoms with E-state index in [0.29, 0.717) is 10.8 Å². The molecule has 116 valence electrons. The number of ether oxygens (including phenoxy) is 1. The van der Waals surface area contributed by atoms with E-state index in [-0.39, 0.29) is 17.9 Å². The number of hydrogen-bond acceptors (Lipinski definition) is 2. The maximum atomic E-state index is 12.1. The number of carbonyl (C=O) groups is 1. The normalized spacial score (nSPS) is 11.1. The number of nitrogens with one attached hydrogen (secondary N) is 1. The number of carbonyl (C=O) groups excluding carboxylic acids is 1. The molecule has 0 atom stereocenters. The van der Waals surface area contributed by atoms with Crippen molar-refractivity contribution in [2.24, 2.45) is 0 Å². The molecule has 2 aromatic rings. The van der Waals surface area contributed by atoms with Gasteiger partial charge in [-0.15, -0.1) is 0 Å². The highest BCUT2D eigenvalue weighted by Gasteiger charge is 2.18. The first-order valence-corrected chi connectivity index (χ1v) is 7.52. The third-order valence-corrected chi connectivity index (χ3v) is 3.52. The molecule has 0 fully saturated rings. The molecule has 4 heteroatoms. The van der Waals surface area contributed by atoms with Crippen LogP contribution in [0.25, 0.3) is 0 Å². The molecule has 3 nitrogen and oxygen atoms in total. The van der Waals surface area contributed by atoms with Gasteiger partial charge in [-0.1, -0.05) is 62.7 Å². The number of amides is 1. The number of anilines is 1. The maximum Gasteiger partial charge on any atom is 0.262 e. The Hall–Kier alpha value is -2.00. The van der Waals surface area contributed by atoms with Crippen LogP contribution in [0.15, 0.2) is 48.5 Å². The molecule has 0 saturated carbocycles. The summed E-state index contributed by atoms with van der Waals surface area (Å²) in [6.07, 6.45) is 0. The van der Waals surface area contributed by atoms with E-state index in [1.807, 2.05) is 36.4 Å². The lowest BCUT2D eigenvalue weighted by molar-refractivity contribution is -0.118. The van der Waals surface area contributed by atoms with Crippen molar-refractivity contribution in [1.82, 2.24) is 0 Å². The number of rotatable bonds is 4. The van der Waals surface area contributed by atoms with Gasteiger partial charge in [0.1, 0.15) is 5.75 Å². The first kappa shape index (κ1) is 16.4. The predicted octanol–water partition coefficient (Wildman–Crippen LogP) is 4.66. The summed E-state index contributed by atoms with van der Waals surface area (Å²) in [7, 11) is 0. The second-order valence-electron chi connectivity index (χ2n) is 6.06. The van der Waals surface area contributed by atoms with E-state index >= 15 is 0 Å². The Bertz CT molecular complexity index is 662.